The predicted octanol–water partition coefficient (Wildman–Crippen LogP) is 0.976. The average Bonchev–Trinajstić information content (AvgIpc) is 2.51. The minimum Gasteiger partial charge on any atom is -0.389 e. The van der Waals surface area contributed by atoms with Crippen molar-refractivity contribution in [3.05, 3.63) is 11.3 Å². The maximum Gasteiger partial charge on any atom is 0.137 e. The number of anilines is 1. The van der Waals surface area contributed by atoms with E-state index in [1.54, 1.807) is 0 Å². The Labute approximate surface area is 113 Å². The Morgan fingerprint density at radius 1 is 1.39 bits per heavy atom. The van der Waals surface area contributed by atoms with Crippen LogP contribution in [0.3, 0.4) is 0 Å². The molecule has 2 heterocycles. The first-order valence-electron chi connectivity index (χ1n) is 6.14. The molecule has 18 heavy (non-hydrogen) atoms. The number of aryl methyl sites for hydroxylation is 2. The quantitative estimate of drug-likeness (QED) is 0.810. The van der Waals surface area contributed by atoms with Crippen LogP contribution in [0.15, 0.2) is 0 Å². The number of ether oxygens (including phenoxy) is 1. The normalized spacial score (nSPS) is 24.3. The average molecular weight is 268 g/mol. The molecule has 1 aromatic rings. The predicted molar refractivity (Wildman–Crippen MR) is 76.1 cm³/mol. The third-order valence-corrected chi connectivity index (χ3v) is 3.36. The molecule has 1 aliphatic heterocycles. The van der Waals surface area contributed by atoms with Crippen LogP contribution in [-0.4, -0.2) is 40.1 Å². The van der Waals surface area contributed by atoms with Crippen LogP contribution in [0, 0.1) is 6.92 Å². The molecule has 2 atom stereocenters. The lowest BCUT2D eigenvalue weighted by Crippen LogP contribution is -2.46. The van der Waals surface area contributed by atoms with Crippen LogP contribution >= 0.6 is 12.2 Å². The molecule has 1 aliphatic rings. The zero-order chi connectivity index (χ0) is 13.4. The van der Waals surface area contributed by atoms with Gasteiger partial charge in [0, 0.05) is 20.1 Å². The van der Waals surface area contributed by atoms with Gasteiger partial charge in [-0.15, -0.1) is 0 Å². The van der Waals surface area contributed by atoms with Crippen molar-refractivity contribution in [3.63, 3.8) is 0 Å². The highest BCUT2D eigenvalue weighted by Crippen LogP contribution is 2.26. The van der Waals surface area contributed by atoms with Gasteiger partial charge >= 0.3 is 0 Å². The van der Waals surface area contributed by atoms with E-state index in [-0.39, 0.29) is 12.2 Å². The van der Waals surface area contributed by atoms with Crippen LogP contribution in [0.25, 0.3) is 0 Å². The van der Waals surface area contributed by atoms with Gasteiger partial charge in [0.2, 0.25) is 0 Å². The molecule has 6 heteroatoms. The third-order valence-electron chi connectivity index (χ3n) is 3.16. The van der Waals surface area contributed by atoms with Crippen molar-refractivity contribution in [1.82, 2.24) is 9.78 Å². The Bertz CT molecular complexity index is 461. The van der Waals surface area contributed by atoms with Crippen molar-refractivity contribution >= 4 is 23.0 Å². The second kappa shape index (κ2) is 4.85. The molecule has 0 aromatic carbocycles. The zero-order valence-electron chi connectivity index (χ0n) is 11.3. The van der Waals surface area contributed by atoms with E-state index in [1.165, 1.54) is 0 Å². The number of thiocarbonyl (C=S) groups is 1. The molecule has 0 bridgehead atoms. The van der Waals surface area contributed by atoms with Crippen LogP contribution in [0.2, 0.25) is 0 Å². The summed E-state index contributed by atoms with van der Waals surface area (Å²) >= 11 is 5.15. The summed E-state index contributed by atoms with van der Waals surface area (Å²) < 4.78 is 7.61. The Hall–Kier alpha value is -1.14. The molecule has 1 fully saturated rings. The van der Waals surface area contributed by atoms with Gasteiger partial charge in [-0.25, -0.2) is 0 Å². The Kier molecular flexibility index (Phi) is 3.59. The fourth-order valence-corrected chi connectivity index (χ4v) is 2.89. The highest BCUT2D eigenvalue weighted by molar-refractivity contribution is 7.80. The summed E-state index contributed by atoms with van der Waals surface area (Å²) in [5.41, 5.74) is 7.59. The zero-order valence-corrected chi connectivity index (χ0v) is 12.1. The summed E-state index contributed by atoms with van der Waals surface area (Å²) in [7, 11) is 1.93. The largest absolute Gasteiger partial charge is 0.389 e. The van der Waals surface area contributed by atoms with Crippen molar-refractivity contribution in [3.8, 4) is 0 Å². The van der Waals surface area contributed by atoms with Gasteiger partial charge in [-0.1, -0.05) is 12.2 Å². The van der Waals surface area contributed by atoms with E-state index in [2.05, 4.69) is 23.8 Å². The van der Waals surface area contributed by atoms with Crippen LogP contribution < -0.4 is 10.6 Å². The molecule has 0 spiro atoms. The van der Waals surface area contributed by atoms with Crippen LogP contribution in [0.5, 0.6) is 0 Å². The summed E-state index contributed by atoms with van der Waals surface area (Å²) in [6.07, 6.45) is 0.395. The fraction of sp³-hybridized carbons (Fsp3) is 0.667. The first kappa shape index (κ1) is 13.3. The lowest BCUT2D eigenvalue weighted by molar-refractivity contribution is -0.00565. The van der Waals surface area contributed by atoms with Gasteiger partial charge in [0.15, 0.2) is 0 Å². The number of nitrogens with zero attached hydrogens (tertiary/aromatic N) is 3. The topological polar surface area (TPSA) is 56.3 Å². The summed E-state index contributed by atoms with van der Waals surface area (Å²) in [4.78, 5) is 2.66. The third kappa shape index (κ3) is 2.35. The molecule has 0 amide bonds. The summed E-state index contributed by atoms with van der Waals surface area (Å²) in [5, 5.41) is 4.42. The molecule has 0 radical (unpaired) electrons. The molecule has 2 N–H and O–H groups in total. The lowest BCUT2D eigenvalue weighted by Gasteiger charge is -2.37. The van der Waals surface area contributed by atoms with Gasteiger partial charge in [0.1, 0.15) is 10.8 Å². The number of hydrogen-bond donors (Lipinski definition) is 1. The molecule has 1 saturated heterocycles. The maximum absolute atomic E-state index is 5.82. The molecule has 100 valence electrons. The molecule has 1 aromatic heterocycles. The van der Waals surface area contributed by atoms with E-state index in [9.17, 15) is 0 Å². The first-order chi connectivity index (χ1) is 8.40. The minimum atomic E-state index is 0.197. The second-order valence-corrected chi connectivity index (χ2v) is 5.37. The van der Waals surface area contributed by atoms with E-state index in [0.717, 1.165) is 30.2 Å². The van der Waals surface area contributed by atoms with Gasteiger partial charge in [0.05, 0.1) is 23.5 Å². The second-order valence-electron chi connectivity index (χ2n) is 4.93. The smallest absolute Gasteiger partial charge is 0.137 e. The number of aromatic nitrogens is 2. The maximum atomic E-state index is 5.82. The molecule has 0 aliphatic carbocycles. The van der Waals surface area contributed by atoms with Gasteiger partial charge in [-0.3, -0.25) is 4.68 Å². The fourth-order valence-electron chi connectivity index (χ4n) is 2.65. The van der Waals surface area contributed by atoms with Gasteiger partial charge in [-0.05, 0) is 20.8 Å². The van der Waals surface area contributed by atoms with E-state index in [0.29, 0.717) is 4.99 Å². The monoisotopic (exact) mass is 268 g/mol. The van der Waals surface area contributed by atoms with Crippen molar-refractivity contribution in [1.29, 1.82) is 0 Å². The number of morpholine rings is 1. The van der Waals surface area contributed by atoms with Gasteiger partial charge in [-0.2, -0.15) is 5.10 Å². The van der Waals surface area contributed by atoms with Crippen LogP contribution in [0.4, 0.5) is 5.82 Å². The molecule has 2 unspecified atom stereocenters. The highest BCUT2D eigenvalue weighted by atomic mass is 32.1. The van der Waals surface area contributed by atoms with Gasteiger partial charge in [0.25, 0.3) is 0 Å². The molecular weight excluding hydrogens is 248 g/mol. The first-order valence-corrected chi connectivity index (χ1v) is 6.54. The SMILES string of the molecule is Cc1nn(C)c(N2CC(C)OC(C)C2)c1C(N)=S. The molecular formula is C12H20N4OS. The van der Waals surface area contributed by atoms with Crippen molar-refractivity contribution < 1.29 is 4.74 Å². The number of nitrogens with two attached hydrogens (primary N) is 1. The Morgan fingerprint density at radius 3 is 2.44 bits per heavy atom. The van der Waals surface area contributed by atoms with Gasteiger partial charge < -0.3 is 15.4 Å². The Morgan fingerprint density at radius 2 is 1.94 bits per heavy atom. The molecule has 2 rings (SSSR count). The summed E-state index contributed by atoms with van der Waals surface area (Å²) in [6, 6.07) is 0. The minimum absolute atomic E-state index is 0.197. The number of hydrogen-bond acceptors (Lipinski definition) is 4. The van der Waals surface area contributed by atoms with E-state index >= 15 is 0 Å². The van der Waals surface area contributed by atoms with Crippen molar-refractivity contribution in [2.45, 2.75) is 33.0 Å². The van der Waals surface area contributed by atoms with Crippen molar-refractivity contribution in [2.75, 3.05) is 18.0 Å². The molecule has 5 nitrogen and oxygen atoms in total. The summed E-state index contributed by atoms with van der Waals surface area (Å²) in [5.74, 6) is 1.00. The number of rotatable bonds is 2. The van der Waals surface area contributed by atoms with E-state index in [1.807, 2.05) is 18.7 Å². The standard InChI is InChI=1S/C12H20N4OS/c1-7-5-16(6-8(2)17-7)12-10(11(13)18)9(3)14-15(12)4/h7-8H,5-6H2,1-4H3,(H2,13,18). The molecule has 0 saturated carbocycles. The lowest BCUT2D eigenvalue weighted by atomic mass is 10.2. The Balaban J connectivity index is 2.41. The van der Waals surface area contributed by atoms with Crippen LogP contribution in [0.1, 0.15) is 25.1 Å². The van der Waals surface area contributed by atoms with E-state index in [4.69, 9.17) is 22.7 Å². The van der Waals surface area contributed by atoms with Crippen molar-refractivity contribution in [2.24, 2.45) is 12.8 Å². The highest BCUT2D eigenvalue weighted by Gasteiger charge is 2.28. The summed E-state index contributed by atoms with van der Waals surface area (Å²) in [6.45, 7) is 7.75. The van der Waals surface area contributed by atoms with Crippen LogP contribution in [-0.2, 0) is 11.8 Å². The van der Waals surface area contributed by atoms with E-state index < -0.39 is 0 Å².